The van der Waals surface area contributed by atoms with Crippen molar-refractivity contribution in [2.75, 3.05) is 64.7 Å². The smallest absolute Gasteiger partial charge is 0.234 e. The Morgan fingerprint density at radius 2 is 1.86 bits per heavy atom. The maximum Gasteiger partial charge on any atom is 0.234 e. The van der Waals surface area contributed by atoms with Crippen molar-refractivity contribution in [3.63, 3.8) is 0 Å². The number of aliphatic imine (C=N–C) groups is 2. The van der Waals surface area contributed by atoms with Crippen molar-refractivity contribution in [3.05, 3.63) is 55.3 Å². The minimum Gasteiger partial charge on any atom is -0.364 e. The summed E-state index contributed by atoms with van der Waals surface area (Å²) >= 11 is 0. The van der Waals surface area contributed by atoms with E-state index in [1.165, 1.54) is 5.56 Å². The lowest BCUT2D eigenvalue weighted by Gasteiger charge is -2.34. The Balaban J connectivity index is 1.86. The molecular formula is C26H40N8O. The van der Waals surface area contributed by atoms with E-state index in [4.69, 9.17) is 0 Å². The fraction of sp³-hybridized carbons (Fsp3) is 0.500. The van der Waals surface area contributed by atoms with E-state index in [1.807, 2.05) is 7.05 Å². The van der Waals surface area contributed by atoms with Gasteiger partial charge in [0.25, 0.3) is 0 Å². The monoisotopic (exact) mass is 480 g/mol. The first-order valence-electron chi connectivity index (χ1n) is 12.3. The summed E-state index contributed by atoms with van der Waals surface area (Å²) in [5.74, 6) is 0.905. The molecule has 0 aliphatic carbocycles. The highest BCUT2D eigenvalue weighted by Gasteiger charge is 2.23. The van der Waals surface area contributed by atoms with E-state index < -0.39 is 0 Å². The summed E-state index contributed by atoms with van der Waals surface area (Å²) in [5.41, 5.74) is 2.29. The molecule has 0 spiro atoms. The molecule has 9 heteroatoms. The first kappa shape index (κ1) is 26.6. The average molecular weight is 481 g/mol. The van der Waals surface area contributed by atoms with Crippen LogP contribution < -0.4 is 16.0 Å². The van der Waals surface area contributed by atoms with Crippen LogP contribution in [0.4, 0.5) is 5.69 Å². The number of benzene rings is 1. The molecule has 1 saturated heterocycles. The van der Waals surface area contributed by atoms with Gasteiger partial charge in [0.2, 0.25) is 5.91 Å². The molecule has 2 unspecified atom stereocenters. The lowest BCUT2D eigenvalue weighted by atomic mass is 10.1. The van der Waals surface area contributed by atoms with Crippen LogP contribution in [0, 0.1) is 0 Å². The number of amidine groups is 1. The minimum absolute atomic E-state index is 0.0526. The molecule has 1 aromatic carbocycles. The maximum absolute atomic E-state index is 12.4. The Morgan fingerprint density at radius 3 is 2.57 bits per heavy atom. The van der Waals surface area contributed by atoms with Crippen LogP contribution in [0.2, 0.25) is 0 Å². The zero-order chi connectivity index (χ0) is 25.0. The fourth-order valence-corrected chi connectivity index (χ4v) is 4.42. The number of rotatable bonds is 4. The molecular weight excluding hydrogens is 440 g/mol. The first-order valence-corrected chi connectivity index (χ1v) is 12.3. The molecule has 4 rings (SSSR count). The predicted octanol–water partition coefficient (Wildman–Crippen LogP) is 1.38. The predicted molar refractivity (Wildman–Crippen MR) is 145 cm³/mol. The van der Waals surface area contributed by atoms with Crippen LogP contribution in [0.25, 0.3) is 0 Å². The van der Waals surface area contributed by atoms with Gasteiger partial charge in [-0.2, -0.15) is 0 Å². The van der Waals surface area contributed by atoms with Gasteiger partial charge in [-0.1, -0.05) is 31.4 Å². The fourth-order valence-electron chi connectivity index (χ4n) is 4.42. The molecule has 3 aliphatic heterocycles. The van der Waals surface area contributed by atoms with Crippen molar-refractivity contribution in [1.82, 2.24) is 25.3 Å². The molecule has 2 atom stereocenters. The first-order chi connectivity index (χ1) is 17.0. The number of fused-ring (bicyclic) bond motifs is 12. The second kappa shape index (κ2) is 13.8. The van der Waals surface area contributed by atoms with Crippen LogP contribution in [0.1, 0.15) is 12.5 Å². The van der Waals surface area contributed by atoms with E-state index in [0.717, 1.165) is 44.2 Å². The molecule has 3 heterocycles. The van der Waals surface area contributed by atoms with Crippen molar-refractivity contribution in [3.8, 4) is 0 Å². The highest BCUT2D eigenvalue weighted by Crippen LogP contribution is 2.17. The van der Waals surface area contributed by atoms with E-state index in [-0.39, 0.29) is 18.1 Å². The number of carbonyl (C=O) groups is 1. The molecule has 3 N–H and O–H groups in total. The van der Waals surface area contributed by atoms with Crippen LogP contribution in [-0.4, -0.2) is 104 Å². The van der Waals surface area contributed by atoms with Crippen LogP contribution in [0.5, 0.6) is 0 Å². The summed E-state index contributed by atoms with van der Waals surface area (Å²) in [6.07, 6.45) is 4.83. The van der Waals surface area contributed by atoms with E-state index in [0.29, 0.717) is 26.2 Å². The Hall–Kier alpha value is -3.01. The average Bonchev–Trinajstić information content (AvgIpc) is 2.85. The van der Waals surface area contributed by atoms with Gasteiger partial charge in [0.1, 0.15) is 12.0 Å². The van der Waals surface area contributed by atoms with Gasteiger partial charge in [0.15, 0.2) is 0 Å². The largest absolute Gasteiger partial charge is 0.364 e. The molecule has 35 heavy (non-hydrogen) atoms. The number of nitrogens with one attached hydrogen (secondary N) is 3. The summed E-state index contributed by atoms with van der Waals surface area (Å²) in [7, 11) is 2.01. The highest BCUT2D eigenvalue weighted by molar-refractivity contribution is 5.88. The molecule has 0 saturated carbocycles. The Morgan fingerprint density at radius 1 is 1.11 bits per heavy atom. The third kappa shape index (κ3) is 8.31. The lowest BCUT2D eigenvalue weighted by molar-refractivity contribution is -0.122. The molecule has 1 amide bonds. The molecule has 1 aromatic rings. The quantitative estimate of drug-likeness (QED) is 0.446. The Bertz CT molecular complexity index is 906. The van der Waals surface area contributed by atoms with Gasteiger partial charge in [-0.15, -0.1) is 0 Å². The minimum atomic E-state index is -0.130. The summed E-state index contributed by atoms with van der Waals surface area (Å²) in [6, 6.07) is 8.50. The number of anilines is 1. The van der Waals surface area contributed by atoms with Crippen molar-refractivity contribution < 1.29 is 4.79 Å². The van der Waals surface area contributed by atoms with Gasteiger partial charge in [0, 0.05) is 71.0 Å². The van der Waals surface area contributed by atoms with Gasteiger partial charge in [-0.05, 0) is 24.6 Å². The van der Waals surface area contributed by atoms with Crippen molar-refractivity contribution in [1.29, 1.82) is 0 Å². The number of allylic oxidation sites excluding steroid dienone is 1. The zero-order valence-electron chi connectivity index (χ0n) is 21.1. The van der Waals surface area contributed by atoms with Crippen molar-refractivity contribution >= 4 is 23.6 Å². The zero-order valence-corrected chi connectivity index (χ0v) is 21.1. The number of carbonyl (C=O) groups excluding carboxylic acids is 1. The van der Waals surface area contributed by atoms with Gasteiger partial charge in [0.05, 0.1) is 19.1 Å². The second-order valence-electron chi connectivity index (χ2n) is 8.97. The number of likely N-dealkylation sites (N-methyl/N-ethyl adjacent to an activating group) is 1. The van der Waals surface area contributed by atoms with Crippen molar-refractivity contribution in [2.24, 2.45) is 9.98 Å². The summed E-state index contributed by atoms with van der Waals surface area (Å²) in [6.45, 7) is 16.4. The second-order valence-corrected chi connectivity index (χ2v) is 8.97. The van der Waals surface area contributed by atoms with Crippen molar-refractivity contribution in [2.45, 2.75) is 25.7 Å². The summed E-state index contributed by atoms with van der Waals surface area (Å²) in [4.78, 5) is 28.3. The number of piperazine rings is 1. The van der Waals surface area contributed by atoms with Crippen LogP contribution in [0.3, 0.4) is 0 Å². The Kier molecular flexibility index (Phi) is 10.5. The van der Waals surface area contributed by atoms with Gasteiger partial charge in [-0.25, -0.2) is 4.99 Å². The highest BCUT2D eigenvalue weighted by atomic mass is 16.2. The van der Waals surface area contributed by atoms with E-state index in [9.17, 15) is 4.79 Å². The van der Waals surface area contributed by atoms with E-state index in [2.05, 4.69) is 85.0 Å². The maximum atomic E-state index is 12.4. The van der Waals surface area contributed by atoms with Crippen LogP contribution in [0.15, 0.2) is 59.7 Å². The SMILES string of the molecule is C=C/C=N\CC1Nc2cccc(c2)CN2CCN(CC2)CC(=O)NCCNC(C)/C(=N/C=C)N1C. The van der Waals surface area contributed by atoms with Crippen LogP contribution in [-0.2, 0) is 11.3 Å². The molecule has 9 nitrogen and oxygen atoms in total. The summed E-state index contributed by atoms with van der Waals surface area (Å²) in [5, 5.41) is 10.2. The molecule has 0 aromatic heterocycles. The number of hydrogen-bond donors (Lipinski definition) is 3. The molecule has 0 radical (unpaired) electrons. The van der Waals surface area contributed by atoms with Gasteiger partial charge < -0.3 is 20.9 Å². The van der Waals surface area contributed by atoms with Gasteiger partial charge in [-0.3, -0.25) is 19.6 Å². The Labute approximate surface area is 209 Å². The van der Waals surface area contributed by atoms with Crippen LogP contribution >= 0.6 is 0 Å². The lowest BCUT2D eigenvalue weighted by Crippen LogP contribution is -2.52. The molecule has 3 aliphatic rings. The molecule has 1 fully saturated rings. The van der Waals surface area contributed by atoms with Gasteiger partial charge >= 0.3 is 0 Å². The topological polar surface area (TPSA) is 87.6 Å². The van der Waals surface area contributed by atoms with E-state index in [1.54, 1.807) is 18.5 Å². The number of nitrogens with zero attached hydrogens (tertiary/aromatic N) is 5. The molecule has 4 bridgehead atoms. The number of hydrogen-bond acceptors (Lipinski definition) is 7. The summed E-state index contributed by atoms with van der Waals surface area (Å²) < 4.78 is 0. The third-order valence-corrected chi connectivity index (χ3v) is 6.33. The van der Waals surface area contributed by atoms with E-state index >= 15 is 0 Å². The number of amides is 1. The molecule has 190 valence electrons. The third-order valence-electron chi connectivity index (χ3n) is 6.33. The normalized spacial score (nSPS) is 28.0. The standard InChI is InChI=1S/C26H40N8O/c1-5-10-27-18-24-31-23-9-7-8-22(17-23)19-33-13-15-34(16-14-33)20-25(35)30-12-11-29-21(3)26(28-6-2)32(24)4/h5-10,17,21,24,29,31H,1-2,11-16,18-20H2,3-4H3,(H,30,35)/b27-10-,28-26-.